The lowest BCUT2D eigenvalue weighted by Gasteiger charge is -2.15. The molecule has 1 aliphatic heterocycles. The monoisotopic (exact) mass is 360 g/mol. The highest BCUT2D eigenvalue weighted by atomic mass is 19.1. The van der Waals surface area contributed by atoms with Crippen LogP contribution in [-0.2, 0) is 20.9 Å². The summed E-state index contributed by atoms with van der Waals surface area (Å²) in [5.74, 6) is -1.99. The van der Waals surface area contributed by atoms with Crippen molar-refractivity contribution >= 4 is 23.5 Å². The van der Waals surface area contributed by atoms with Crippen LogP contribution >= 0.6 is 0 Å². The Labute approximate surface area is 148 Å². The first-order valence-electron chi connectivity index (χ1n) is 7.97. The molecule has 1 aromatic carbocycles. The molecular formula is C18H17FN2O5. The number of halogens is 1. The number of nitrogens with zero attached hydrogens (tertiary/aromatic N) is 1. The van der Waals surface area contributed by atoms with Crippen molar-refractivity contribution in [3.05, 3.63) is 53.7 Å². The Morgan fingerprint density at radius 3 is 2.88 bits per heavy atom. The van der Waals surface area contributed by atoms with E-state index in [9.17, 15) is 18.8 Å². The number of hydrogen-bond acceptors (Lipinski definition) is 5. The van der Waals surface area contributed by atoms with E-state index in [1.54, 1.807) is 17.0 Å². The Morgan fingerprint density at radius 2 is 2.19 bits per heavy atom. The number of anilines is 1. The van der Waals surface area contributed by atoms with Crippen molar-refractivity contribution in [1.82, 2.24) is 4.90 Å². The topological polar surface area (TPSA) is 88.8 Å². The van der Waals surface area contributed by atoms with Crippen LogP contribution in [0.15, 0.2) is 41.0 Å². The molecule has 2 heterocycles. The van der Waals surface area contributed by atoms with Crippen LogP contribution in [0.1, 0.15) is 22.5 Å². The van der Waals surface area contributed by atoms with E-state index in [-0.39, 0.29) is 36.0 Å². The number of likely N-dealkylation sites (tertiary alicyclic amines) is 1. The Morgan fingerprint density at radius 1 is 1.38 bits per heavy atom. The summed E-state index contributed by atoms with van der Waals surface area (Å²) in [5, 5.41) is 2.61. The highest BCUT2D eigenvalue weighted by Gasteiger charge is 2.34. The maximum absolute atomic E-state index is 13.7. The maximum Gasteiger partial charge on any atom is 0.340 e. The molecule has 1 N–H and O–H groups in total. The van der Waals surface area contributed by atoms with Crippen LogP contribution in [0.4, 0.5) is 10.1 Å². The van der Waals surface area contributed by atoms with Crippen LogP contribution in [-0.4, -0.2) is 36.3 Å². The Balaban J connectivity index is 1.65. The van der Waals surface area contributed by atoms with Gasteiger partial charge >= 0.3 is 5.97 Å². The zero-order chi connectivity index (χ0) is 18.7. The van der Waals surface area contributed by atoms with Gasteiger partial charge in [0.15, 0.2) is 0 Å². The average molecular weight is 360 g/mol. The van der Waals surface area contributed by atoms with Crippen molar-refractivity contribution in [1.29, 1.82) is 0 Å². The van der Waals surface area contributed by atoms with Gasteiger partial charge < -0.3 is 19.4 Å². The van der Waals surface area contributed by atoms with Crippen molar-refractivity contribution < 1.29 is 27.9 Å². The highest BCUT2D eigenvalue weighted by molar-refractivity contribution is 5.98. The van der Waals surface area contributed by atoms with E-state index in [0.717, 1.165) is 13.2 Å². The minimum absolute atomic E-state index is 0.0809. The van der Waals surface area contributed by atoms with Gasteiger partial charge in [0, 0.05) is 18.7 Å². The average Bonchev–Trinajstić information content (AvgIpc) is 3.26. The van der Waals surface area contributed by atoms with Gasteiger partial charge in [-0.2, -0.15) is 0 Å². The number of carbonyl (C=O) groups is 3. The molecule has 0 aliphatic carbocycles. The maximum atomic E-state index is 13.7. The first kappa shape index (κ1) is 17.7. The van der Waals surface area contributed by atoms with Crippen molar-refractivity contribution in [2.24, 2.45) is 5.92 Å². The third-order valence-electron chi connectivity index (χ3n) is 4.15. The van der Waals surface area contributed by atoms with E-state index in [4.69, 9.17) is 4.42 Å². The molecule has 1 unspecified atom stereocenters. The summed E-state index contributed by atoms with van der Waals surface area (Å²) in [7, 11) is 1.14. The molecule has 0 bridgehead atoms. The number of benzene rings is 1. The quantitative estimate of drug-likeness (QED) is 0.826. The summed E-state index contributed by atoms with van der Waals surface area (Å²) >= 11 is 0. The SMILES string of the molecule is COC(=O)c1cc(NC(=O)C2CC(=O)N(Cc3ccco3)C2)ccc1F. The summed E-state index contributed by atoms with van der Waals surface area (Å²) in [6, 6.07) is 7.11. The number of methoxy groups -OCH3 is 1. The van der Waals surface area contributed by atoms with Crippen molar-refractivity contribution in [2.75, 3.05) is 19.0 Å². The molecule has 1 aromatic heterocycles. The molecule has 26 heavy (non-hydrogen) atoms. The van der Waals surface area contributed by atoms with Gasteiger partial charge in [-0.15, -0.1) is 0 Å². The lowest BCUT2D eigenvalue weighted by Crippen LogP contribution is -2.28. The Hall–Kier alpha value is -3.16. The van der Waals surface area contributed by atoms with Crippen LogP contribution in [0, 0.1) is 11.7 Å². The van der Waals surface area contributed by atoms with Crippen molar-refractivity contribution in [3.8, 4) is 0 Å². The molecule has 7 nitrogen and oxygen atoms in total. The van der Waals surface area contributed by atoms with Crippen LogP contribution in [0.2, 0.25) is 0 Å². The third-order valence-corrected chi connectivity index (χ3v) is 4.15. The summed E-state index contributed by atoms with van der Waals surface area (Å²) in [5.41, 5.74) is -0.0130. The van der Waals surface area contributed by atoms with E-state index < -0.39 is 17.7 Å². The number of rotatable bonds is 5. The number of nitrogens with one attached hydrogen (secondary N) is 1. The molecular weight excluding hydrogens is 343 g/mol. The largest absolute Gasteiger partial charge is 0.467 e. The lowest BCUT2D eigenvalue weighted by molar-refractivity contribution is -0.128. The van der Waals surface area contributed by atoms with E-state index in [1.807, 2.05) is 0 Å². The van der Waals surface area contributed by atoms with Crippen molar-refractivity contribution in [3.63, 3.8) is 0 Å². The number of esters is 1. The van der Waals surface area contributed by atoms with Crippen LogP contribution in [0.5, 0.6) is 0 Å². The predicted molar refractivity (Wildman–Crippen MR) is 88.6 cm³/mol. The van der Waals surface area contributed by atoms with Crippen molar-refractivity contribution in [2.45, 2.75) is 13.0 Å². The minimum Gasteiger partial charge on any atom is -0.467 e. The summed E-state index contributed by atoms with van der Waals surface area (Å²) in [4.78, 5) is 37.6. The van der Waals surface area contributed by atoms with E-state index in [1.165, 1.54) is 18.4 Å². The fraction of sp³-hybridized carbons (Fsp3) is 0.278. The number of carbonyl (C=O) groups excluding carboxylic acids is 3. The molecule has 1 atom stereocenters. The second-order valence-corrected chi connectivity index (χ2v) is 5.93. The van der Waals surface area contributed by atoms with Gasteiger partial charge in [0.2, 0.25) is 11.8 Å². The zero-order valence-corrected chi connectivity index (χ0v) is 14.0. The zero-order valence-electron chi connectivity index (χ0n) is 14.0. The van der Waals surface area contributed by atoms with Gasteiger partial charge in [0.05, 0.1) is 31.4 Å². The summed E-state index contributed by atoms with van der Waals surface area (Å²) in [6.45, 7) is 0.565. The summed E-state index contributed by atoms with van der Waals surface area (Å²) in [6.07, 6.45) is 1.60. The molecule has 2 amide bonds. The Kier molecular flexibility index (Phi) is 5.01. The minimum atomic E-state index is -0.834. The first-order valence-corrected chi connectivity index (χ1v) is 7.97. The van der Waals surface area contributed by atoms with Crippen LogP contribution in [0.3, 0.4) is 0 Å². The molecule has 1 saturated heterocycles. The molecule has 3 rings (SSSR count). The second-order valence-electron chi connectivity index (χ2n) is 5.93. The van der Waals surface area contributed by atoms with E-state index in [2.05, 4.69) is 10.1 Å². The highest BCUT2D eigenvalue weighted by Crippen LogP contribution is 2.23. The number of furan rings is 1. The standard InChI is InChI=1S/C18H17FN2O5/c1-25-18(24)14-8-12(4-5-15(14)19)20-17(23)11-7-16(22)21(9-11)10-13-3-2-6-26-13/h2-6,8,11H,7,9-10H2,1H3,(H,20,23). The predicted octanol–water partition coefficient (Wildman–Crippen LogP) is 2.19. The molecule has 136 valence electrons. The first-order chi connectivity index (χ1) is 12.5. The second kappa shape index (κ2) is 7.38. The smallest absolute Gasteiger partial charge is 0.340 e. The normalized spacial score (nSPS) is 16.6. The molecule has 2 aromatic rings. The summed E-state index contributed by atoms with van der Waals surface area (Å²) < 4.78 is 23.4. The van der Waals surface area contributed by atoms with Gasteiger partial charge in [0.25, 0.3) is 0 Å². The third kappa shape index (κ3) is 3.74. The molecule has 8 heteroatoms. The van der Waals surface area contributed by atoms with Gasteiger partial charge in [-0.1, -0.05) is 0 Å². The molecule has 1 fully saturated rings. The number of hydrogen-bond donors (Lipinski definition) is 1. The Bertz CT molecular complexity index is 834. The van der Waals surface area contributed by atoms with Gasteiger partial charge in [-0.25, -0.2) is 9.18 Å². The van der Waals surface area contributed by atoms with E-state index in [0.29, 0.717) is 12.3 Å². The molecule has 0 spiro atoms. The van der Waals surface area contributed by atoms with Gasteiger partial charge in [0.1, 0.15) is 11.6 Å². The number of ether oxygens (including phenoxy) is 1. The molecule has 1 aliphatic rings. The number of amides is 2. The van der Waals surface area contributed by atoms with Crippen LogP contribution < -0.4 is 5.32 Å². The fourth-order valence-corrected chi connectivity index (χ4v) is 2.81. The lowest BCUT2D eigenvalue weighted by atomic mass is 10.1. The van der Waals surface area contributed by atoms with Crippen LogP contribution in [0.25, 0.3) is 0 Å². The van der Waals surface area contributed by atoms with Gasteiger partial charge in [-0.3, -0.25) is 9.59 Å². The fourth-order valence-electron chi connectivity index (χ4n) is 2.81. The van der Waals surface area contributed by atoms with E-state index >= 15 is 0 Å². The molecule has 0 saturated carbocycles. The van der Waals surface area contributed by atoms with Gasteiger partial charge in [-0.05, 0) is 30.3 Å². The molecule has 0 radical (unpaired) electrons.